The average Bonchev–Trinajstić information content (AvgIpc) is 2.57. The van der Waals surface area contributed by atoms with Crippen molar-refractivity contribution in [2.24, 2.45) is 0 Å². The standard InChI is InChI=1S/C18H21FN2O3S/c1-13-11-17(7-8-18(13)19)25(22,23)20-15-3-5-16(6-4-15)21-9-10-24-14(2)12-21/h3-8,11,14,20H,9-10,12H2,1-2H3. The zero-order valence-corrected chi connectivity index (χ0v) is 15.0. The topological polar surface area (TPSA) is 58.6 Å². The number of aryl methyl sites for hydroxylation is 1. The number of nitrogens with one attached hydrogen (secondary N) is 1. The fourth-order valence-corrected chi connectivity index (χ4v) is 3.94. The zero-order valence-electron chi connectivity index (χ0n) is 14.2. The summed E-state index contributed by atoms with van der Waals surface area (Å²) >= 11 is 0. The molecule has 0 aromatic heterocycles. The van der Waals surface area contributed by atoms with Crippen LogP contribution in [0.1, 0.15) is 12.5 Å². The molecule has 1 unspecified atom stereocenters. The smallest absolute Gasteiger partial charge is 0.261 e. The quantitative estimate of drug-likeness (QED) is 0.905. The highest BCUT2D eigenvalue weighted by molar-refractivity contribution is 7.92. The van der Waals surface area contributed by atoms with Crippen LogP contribution in [-0.2, 0) is 14.8 Å². The first-order valence-corrected chi connectivity index (χ1v) is 9.59. The maximum absolute atomic E-state index is 13.3. The molecule has 2 aromatic carbocycles. The Kier molecular flexibility index (Phi) is 4.96. The molecule has 1 fully saturated rings. The predicted molar refractivity (Wildman–Crippen MR) is 96.0 cm³/mol. The maximum Gasteiger partial charge on any atom is 0.261 e. The minimum atomic E-state index is -3.75. The molecule has 0 spiro atoms. The molecule has 0 amide bonds. The highest BCUT2D eigenvalue weighted by atomic mass is 32.2. The zero-order chi connectivity index (χ0) is 18.0. The van der Waals surface area contributed by atoms with Gasteiger partial charge in [-0.1, -0.05) is 0 Å². The van der Waals surface area contributed by atoms with Gasteiger partial charge in [0.2, 0.25) is 0 Å². The summed E-state index contributed by atoms with van der Waals surface area (Å²) in [6.45, 7) is 5.86. The number of sulfonamides is 1. The second-order valence-corrected chi connectivity index (χ2v) is 7.87. The predicted octanol–water partition coefficient (Wildman–Crippen LogP) is 3.16. The molecule has 25 heavy (non-hydrogen) atoms. The van der Waals surface area contributed by atoms with E-state index in [0.29, 0.717) is 17.9 Å². The summed E-state index contributed by atoms with van der Waals surface area (Å²) in [5.74, 6) is -0.428. The molecule has 2 aromatic rings. The third kappa shape index (κ3) is 4.11. The van der Waals surface area contributed by atoms with E-state index in [4.69, 9.17) is 4.74 Å². The summed E-state index contributed by atoms with van der Waals surface area (Å²) in [6, 6.07) is 11.0. The Hall–Kier alpha value is -2.12. The lowest BCUT2D eigenvalue weighted by molar-refractivity contribution is 0.0532. The van der Waals surface area contributed by atoms with Crippen molar-refractivity contribution in [1.29, 1.82) is 0 Å². The van der Waals surface area contributed by atoms with Crippen molar-refractivity contribution >= 4 is 21.4 Å². The first kappa shape index (κ1) is 17.7. The minimum absolute atomic E-state index is 0.0393. The van der Waals surface area contributed by atoms with Gasteiger partial charge in [-0.2, -0.15) is 0 Å². The van der Waals surface area contributed by atoms with Crippen molar-refractivity contribution in [3.63, 3.8) is 0 Å². The number of halogens is 1. The average molecular weight is 364 g/mol. The molecule has 1 saturated heterocycles. The summed E-state index contributed by atoms with van der Waals surface area (Å²) < 4.78 is 46.3. The molecule has 0 bridgehead atoms. The van der Waals surface area contributed by atoms with Gasteiger partial charge in [0.15, 0.2) is 0 Å². The van der Waals surface area contributed by atoms with Crippen LogP contribution in [0.15, 0.2) is 47.4 Å². The lowest BCUT2D eigenvalue weighted by Crippen LogP contribution is -2.41. The van der Waals surface area contributed by atoms with Gasteiger partial charge in [-0.3, -0.25) is 4.72 Å². The van der Waals surface area contributed by atoms with E-state index in [1.807, 2.05) is 19.1 Å². The number of nitrogens with zero attached hydrogens (tertiary/aromatic N) is 1. The molecule has 0 saturated carbocycles. The molecule has 0 radical (unpaired) electrons. The van der Waals surface area contributed by atoms with E-state index in [9.17, 15) is 12.8 Å². The van der Waals surface area contributed by atoms with Crippen LogP contribution < -0.4 is 9.62 Å². The van der Waals surface area contributed by atoms with Crippen LogP contribution in [0.2, 0.25) is 0 Å². The molecule has 0 aliphatic carbocycles. The minimum Gasteiger partial charge on any atom is -0.375 e. The molecule has 1 N–H and O–H groups in total. The number of ether oxygens (including phenoxy) is 1. The van der Waals surface area contributed by atoms with Crippen molar-refractivity contribution in [2.45, 2.75) is 24.8 Å². The van der Waals surface area contributed by atoms with Crippen LogP contribution in [0.5, 0.6) is 0 Å². The Morgan fingerprint density at radius 2 is 1.92 bits per heavy atom. The van der Waals surface area contributed by atoms with E-state index in [1.165, 1.54) is 19.1 Å². The van der Waals surface area contributed by atoms with Crippen LogP contribution in [0.4, 0.5) is 15.8 Å². The summed E-state index contributed by atoms with van der Waals surface area (Å²) in [7, 11) is -3.75. The molecule has 134 valence electrons. The molecule has 5 nitrogen and oxygen atoms in total. The maximum atomic E-state index is 13.3. The van der Waals surface area contributed by atoms with Crippen molar-refractivity contribution in [1.82, 2.24) is 0 Å². The summed E-state index contributed by atoms with van der Waals surface area (Å²) in [5.41, 5.74) is 1.78. The third-order valence-corrected chi connectivity index (χ3v) is 5.54. The first-order valence-electron chi connectivity index (χ1n) is 8.11. The SMILES string of the molecule is Cc1cc(S(=O)(=O)Nc2ccc(N3CCOC(C)C3)cc2)ccc1F. The number of benzene rings is 2. The van der Waals surface area contributed by atoms with Crippen LogP contribution in [0.3, 0.4) is 0 Å². The highest BCUT2D eigenvalue weighted by Gasteiger charge is 2.18. The lowest BCUT2D eigenvalue weighted by atomic mass is 10.2. The molecule has 1 aliphatic heterocycles. The van der Waals surface area contributed by atoms with Gasteiger partial charge in [-0.15, -0.1) is 0 Å². The number of anilines is 2. The van der Waals surface area contributed by atoms with E-state index in [1.54, 1.807) is 12.1 Å². The van der Waals surface area contributed by atoms with Crippen molar-refractivity contribution in [3.05, 3.63) is 53.8 Å². The van der Waals surface area contributed by atoms with E-state index in [0.717, 1.165) is 24.8 Å². The molecule has 1 aliphatic rings. The molecule has 1 atom stereocenters. The Labute approximate surface area is 147 Å². The molecular formula is C18H21FN2O3S. The Morgan fingerprint density at radius 1 is 1.20 bits per heavy atom. The molecule has 3 rings (SSSR count). The van der Waals surface area contributed by atoms with Gasteiger partial charge < -0.3 is 9.64 Å². The summed E-state index contributed by atoms with van der Waals surface area (Å²) in [4.78, 5) is 2.24. The van der Waals surface area contributed by atoms with Crippen LogP contribution in [0, 0.1) is 12.7 Å². The van der Waals surface area contributed by atoms with Gasteiger partial charge in [-0.05, 0) is 61.9 Å². The fraction of sp³-hybridized carbons (Fsp3) is 0.333. The van der Waals surface area contributed by atoms with E-state index < -0.39 is 15.8 Å². The van der Waals surface area contributed by atoms with Gasteiger partial charge in [-0.25, -0.2) is 12.8 Å². The summed E-state index contributed by atoms with van der Waals surface area (Å²) in [6.07, 6.45) is 0.175. The first-order chi connectivity index (χ1) is 11.8. The van der Waals surface area contributed by atoms with Crippen LogP contribution >= 0.6 is 0 Å². The number of hydrogen-bond donors (Lipinski definition) is 1. The van der Waals surface area contributed by atoms with Gasteiger partial charge in [0, 0.05) is 24.5 Å². The Balaban J connectivity index is 1.75. The monoisotopic (exact) mass is 364 g/mol. The van der Waals surface area contributed by atoms with Crippen molar-refractivity contribution in [2.75, 3.05) is 29.3 Å². The second kappa shape index (κ2) is 7.01. The van der Waals surface area contributed by atoms with E-state index in [2.05, 4.69) is 9.62 Å². The fourth-order valence-electron chi connectivity index (χ4n) is 2.79. The van der Waals surface area contributed by atoms with Crippen molar-refractivity contribution in [3.8, 4) is 0 Å². The number of rotatable bonds is 4. The van der Waals surface area contributed by atoms with Crippen LogP contribution in [-0.4, -0.2) is 34.2 Å². The highest BCUT2D eigenvalue weighted by Crippen LogP contribution is 2.23. The van der Waals surface area contributed by atoms with Crippen molar-refractivity contribution < 1.29 is 17.5 Å². The molecular weight excluding hydrogens is 343 g/mol. The van der Waals surface area contributed by atoms with Gasteiger partial charge in [0.1, 0.15) is 5.82 Å². The number of morpholine rings is 1. The summed E-state index contributed by atoms with van der Waals surface area (Å²) in [5, 5.41) is 0. The van der Waals surface area contributed by atoms with Gasteiger partial charge in [0.05, 0.1) is 17.6 Å². The van der Waals surface area contributed by atoms with E-state index in [-0.39, 0.29) is 11.0 Å². The largest absolute Gasteiger partial charge is 0.375 e. The third-order valence-electron chi connectivity index (χ3n) is 4.17. The molecule has 7 heteroatoms. The lowest BCUT2D eigenvalue weighted by Gasteiger charge is -2.33. The Morgan fingerprint density at radius 3 is 2.56 bits per heavy atom. The second-order valence-electron chi connectivity index (χ2n) is 6.19. The Bertz CT molecular complexity index is 853. The number of hydrogen-bond acceptors (Lipinski definition) is 4. The normalized spacial score (nSPS) is 18.2. The van der Waals surface area contributed by atoms with Gasteiger partial charge >= 0.3 is 0 Å². The van der Waals surface area contributed by atoms with Crippen LogP contribution in [0.25, 0.3) is 0 Å². The van der Waals surface area contributed by atoms with Gasteiger partial charge in [0.25, 0.3) is 10.0 Å². The van der Waals surface area contributed by atoms with E-state index >= 15 is 0 Å². The molecule has 1 heterocycles.